The highest BCUT2D eigenvalue weighted by atomic mass is 35.5. The van der Waals surface area contributed by atoms with Crippen molar-refractivity contribution < 1.29 is 17.9 Å². The molecule has 11 heteroatoms. The van der Waals surface area contributed by atoms with E-state index in [1.54, 1.807) is 24.3 Å². The number of hydrogen-bond donors (Lipinski definition) is 2. The lowest BCUT2D eigenvalue weighted by Crippen LogP contribution is -2.34. The third kappa shape index (κ3) is 9.02. The maximum atomic E-state index is 14.1. The third-order valence-electron chi connectivity index (χ3n) is 6.45. The molecule has 0 bridgehead atoms. The Labute approximate surface area is 239 Å². The third-order valence-corrected chi connectivity index (χ3v) is 6.75. The first-order valence-corrected chi connectivity index (χ1v) is 13.7. The zero-order valence-electron chi connectivity index (χ0n) is 24.1. The first kappa shape index (κ1) is 31.5. The summed E-state index contributed by atoms with van der Waals surface area (Å²) in [6, 6.07) is 8.74. The number of alkyl halides is 3. The predicted octanol–water partition coefficient (Wildman–Crippen LogP) is 7.32. The summed E-state index contributed by atoms with van der Waals surface area (Å²) in [6.45, 7) is 16.6. The van der Waals surface area contributed by atoms with E-state index in [1.165, 1.54) is 6.07 Å². The van der Waals surface area contributed by atoms with Gasteiger partial charge in [-0.2, -0.15) is 22.8 Å². The summed E-state index contributed by atoms with van der Waals surface area (Å²) in [5.74, 6) is 0.266. The summed E-state index contributed by atoms with van der Waals surface area (Å²) in [5.41, 5.74) is 11.0. The number of benzene rings is 2. The molecule has 0 aliphatic carbocycles. The van der Waals surface area contributed by atoms with Crippen LogP contribution in [0.2, 0.25) is 5.02 Å². The van der Waals surface area contributed by atoms with Gasteiger partial charge in [0.25, 0.3) is 0 Å². The minimum absolute atomic E-state index is 0.00482. The Kier molecular flexibility index (Phi) is 9.67. The SMILES string of the molecule is CC(C)(C)CCN(CCOc1ccc(-c2c(Cl)cc(-n3nc(N)nc3N)cc2C(F)(F)F)cc1)CCC(C)(C)C. The number of nitrogens with two attached hydrogens (primary N) is 2. The van der Waals surface area contributed by atoms with Crippen LogP contribution in [-0.2, 0) is 6.18 Å². The zero-order chi connectivity index (χ0) is 29.9. The van der Waals surface area contributed by atoms with Crippen molar-refractivity contribution in [2.45, 2.75) is 60.6 Å². The number of anilines is 2. The van der Waals surface area contributed by atoms with Crippen LogP contribution in [0.5, 0.6) is 5.75 Å². The maximum absolute atomic E-state index is 14.1. The van der Waals surface area contributed by atoms with Crippen molar-refractivity contribution >= 4 is 23.5 Å². The molecule has 0 atom stereocenters. The molecule has 0 saturated heterocycles. The van der Waals surface area contributed by atoms with Crippen LogP contribution < -0.4 is 16.2 Å². The van der Waals surface area contributed by atoms with Crippen molar-refractivity contribution in [1.29, 1.82) is 0 Å². The van der Waals surface area contributed by atoms with E-state index >= 15 is 0 Å². The Morgan fingerprint density at radius 3 is 1.95 bits per heavy atom. The zero-order valence-corrected chi connectivity index (χ0v) is 24.8. The molecule has 0 saturated carbocycles. The van der Waals surface area contributed by atoms with Gasteiger partial charge < -0.3 is 16.2 Å². The van der Waals surface area contributed by atoms with Gasteiger partial charge in [0.2, 0.25) is 11.9 Å². The van der Waals surface area contributed by atoms with E-state index in [9.17, 15) is 13.2 Å². The van der Waals surface area contributed by atoms with Gasteiger partial charge in [-0.25, -0.2) is 0 Å². The predicted molar refractivity (Wildman–Crippen MR) is 156 cm³/mol. The van der Waals surface area contributed by atoms with Crippen LogP contribution in [-0.4, -0.2) is 45.9 Å². The molecule has 0 fully saturated rings. The fourth-order valence-corrected chi connectivity index (χ4v) is 4.42. The first-order valence-electron chi connectivity index (χ1n) is 13.3. The average Bonchev–Trinajstić information content (AvgIpc) is 3.16. The Morgan fingerprint density at radius 2 is 1.48 bits per heavy atom. The minimum Gasteiger partial charge on any atom is -0.492 e. The highest BCUT2D eigenvalue weighted by Crippen LogP contribution is 2.43. The van der Waals surface area contributed by atoms with E-state index in [1.807, 2.05) is 0 Å². The number of hydrogen-bond acceptors (Lipinski definition) is 6. The summed E-state index contributed by atoms with van der Waals surface area (Å²) in [4.78, 5) is 6.16. The molecule has 3 rings (SSSR count). The Bertz CT molecular complexity index is 1260. The number of nitrogens with zero attached hydrogens (tertiary/aromatic N) is 4. The van der Waals surface area contributed by atoms with Gasteiger partial charge in [0, 0.05) is 12.1 Å². The van der Waals surface area contributed by atoms with Gasteiger partial charge in [-0.1, -0.05) is 65.3 Å². The highest BCUT2D eigenvalue weighted by Gasteiger charge is 2.36. The first-order chi connectivity index (χ1) is 18.4. The molecule has 7 nitrogen and oxygen atoms in total. The fourth-order valence-electron chi connectivity index (χ4n) is 4.10. The topological polar surface area (TPSA) is 95.2 Å². The summed E-state index contributed by atoms with van der Waals surface area (Å²) in [7, 11) is 0. The lowest BCUT2D eigenvalue weighted by atomic mass is 9.90. The number of aromatic nitrogens is 3. The van der Waals surface area contributed by atoms with Gasteiger partial charge >= 0.3 is 6.18 Å². The Balaban J connectivity index is 1.76. The molecule has 1 aromatic heterocycles. The van der Waals surface area contributed by atoms with Crippen molar-refractivity contribution in [3.8, 4) is 22.6 Å². The largest absolute Gasteiger partial charge is 0.492 e. The van der Waals surface area contributed by atoms with Gasteiger partial charge in [0.05, 0.1) is 16.3 Å². The van der Waals surface area contributed by atoms with E-state index < -0.39 is 11.7 Å². The fraction of sp³-hybridized carbons (Fsp3) is 0.517. The van der Waals surface area contributed by atoms with Crippen LogP contribution in [0.25, 0.3) is 16.8 Å². The van der Waals surface area contributed by atoms with Gasteiger partial charge in [-0.15, -0.1) is 5.10 Å². The molecular weight excluding hydrogens is 541 g/mol. The number of nitrogen functional groups attached to an aromatic ring is 2. The van der Waals surface area contributed by atoms with E-state index in [0.29, 0.717) is 17.9 Å². The van der Waals surface area contributed by atoms with Crippen molar-refractivity contribution in [3.63, 3.8) is 0 Å². The van der Waals surface area contributed by atoms with Crippen LogP contribution in [0.3, 0.4) is 0 Å². The van der Waals surface area contributed by atoms with Crippen molar-refractivity contribution in [1.82, 2.24) is 19.7 Å². The van der Waals surface area contributed by atoms with Gasteiger partial charge in [0.15, 0.2) is 0 Å². The molecule has 40 heavy (non-hydrogen) atoms. The second-order valence-electron chi connectivity index (χ2n) is 12.4. The van der Waals surface area contributed by atoms with Crippen molar-refractivity contribution in [2.24, 2.45) is 10.8 Å². The summed E-state index contributed by atoms with van der Waals surface area (Å²) >= 11 is 6.40. The molecule has 0 radical (unpaired) electrons. The molecular formula is C29H40ClF3N6O. The van der Waals surface area contributed by atoms with Crippen molar-refractivity contribution in [2.75, 3.05) is 37.7 Å². The quantitative estimate of drug-likeness (QED) is 0.261. The minimum atomic E-state index is -4.69. The van der Waals surface area contributed by atoms with Crippen LogP contribution in [0.15, 0.2) is 36.4 Å². The smallest absolute Gasteiger partial charge is 0.417 e. The standard InChI is InChI=1S/C29H40ClF3N6O/c1-27(2,3)11-13-38(14-12-28(4,5)6)15-16-40-21-9-7-19(8-10-21)24-22(29(31,32)33)17-20(18-23(24)30)39-26(35)36-25(34)37-39/h7-10,17-18H,11-16H2,1-6H3,(H4,34,35,36,37). The molecule has 0 amide bonds. The molecule has 3 aromatic rings. The van der Waals surface area contributed by atoms with Crippen molar-refractivity contribution in [3.05, 3.63) is 47.0 Å². The Morgan fingerprint density at radius 1 is 0.900 bits per heavy atom. The summed E-state index contributed by atoms with van der Waals surface area (Å²) in [5, 5.41) is 3.75. The molecule has 220 valence electrons. The van der Waals surface area contributed by atoms with E-state index in [-0.39, 0.29) is 39.0 Å². The van der Waals surface area contributed by atoms with Crippen LogP contribution in [0.1, 0.15) is 59.9 Å². The highest BCUT2D eigenvalue weighted by molar-refractivity contribution is 6.33. The molecule has 4 N–H and O–H groups in total. The van der Waals surface area contributed by atoms with Crippen LogP contribution in [0.4, 0.5) is 25.1 Å². The van der Waals surface area contributed by atoms with E-state index in [0.717, 1.165) is 43.2 Å². The second-order valence-corrected chi connectivity index (χ2v) is 12.8. The molecule has 0 unspecified atom stereocenters. The second kappa shape index (κ2) is 12.3. The molecule has 1 heterocycles. The summed E-state index contributed by atoms with van der Waals surface area (Å²) in [6.07, 6.45) is -2.54. The average molecular weight is 581 g/mol. The van der Waals surface area contributed by atoms with E-state index in [4.69, 9.17) is 27.8 Å². The van der Waals surface area contributed by atoms with Crippen LogP contribution >= 0.6 is 11.6 Å². The maximum Gasteiger partial charge on any atom is 0.417 e. The van der Waals surface area contributed by atoms with Crippen LogP contribution in [0, 0.1) is 10.8 Å². The van der Waals surface area contributed by atoms with Gasteiger partial charge in [0.1, 0.15) is 12.4 Å². The lowest BCUT2D eigenvalue weighted by molar-refractivity contribution is -0.137. The molecule has 0 spiro atoms. The Hall–Kier alpha value is -2.98. The number of halogens is 4. The van der Waals surface area contributed by atoms with Gasteiger partial charge in [-0.3, -0.25) is 4.90 Å². The molecule has 2 aromatic carbocycles. The number of ether oxygens (including phenoxy) is 1. The number of rotatable bonds is 10. The monoisotopic (exact) mass is 580 g/mol. The normalized spacial score (nSPS) is 12.8. The lowest BCUT2D eigenvalue weighted by Gasteiger charge is -2.29. The molecule has 0 aliphatic heterocycles. The summed E-state index contributed by atoms with van der Waals surface area (Å²) < 4.78 is 49.3. The molecule has 0 aliphatic rings. The van der Waals surface area contributed by atoms with E-state index in [2.05, 4.69) is 56.5 Å². The van der Waals surface area contributed by atoms with Gasteiger partial charge in [-0.05, 0) is 66.6 Å².